The first-order chi connectivity index (χ1) is 9.56. The van der Waals surface area contributed by atoms with E-state index < -0.39 is 11.9 Å². The van der Waals surface area contributed by atoms with Crippen molar-refractivity contribution in [1.82, 2.24) is 4.98 Å². The van der Waals surface area contributed by atoms with Crippen LogP contribution in [0.1, 0.15) is 24.7 Å². The first-order valence-corrected chi connectivity index (χ1v) is 6.95. The molecule has 20 heavy (non-hydrogen) atoms. The molecule has 4 nitrogen and oxygen atoms in total. The van der Waals surface area contributed by atoms with Gasteiger partial charge in [0.1, 0.15) is 5.52 Å². The van der Waals surface area contributed by atoms with Gasteiger partial charge in [0.05, 0.1) is 16.9 Å². The first kappa shape index (κ1) is 13.5. The lowest BCUT2D eigenvalue weighted by Crippen LogP contribution is -2.23. The number of halogens is 2. The lowest BCUT2D eigenvalue weighted by molar-refractivity contribution is -0.142. The van der Waals surface area contributed by atoms with Crippen molar-refractivity contribution in [1.29, 1.82) is 0 Å². The van der Waals surface area contributed by atoms with Gasteiger partial charge in [0, 0.05) is 5.02 Å². The van der Waals surface area contributed by atoms with E-state index in [1.807, 2.05) is 12.2 Å². The Morgan fingerprint density at radius 1 is 1.30 bits per heavy atom. The number of carbonyl (C=O) groups is 1. The van der Waals surface area contributed by atoms with E-state index in [1.165, 1.54) is 0 Å². The zero-order valence-electron chi connectivity index (χ0n) is 10.3. The Morgan fingerprint density at radius 2 is 2.05 bits per heavy atom. The molecule has 0 aliphatic heterocycles. The number of rotatable bonds is 2. The van der Waals surface area contributed by atoms with Crippen molar-refractivity contribution in [3.05, 3.63) is 40.2 Å². The highest BCUT2D eigenvalue weighted by Crippen LogP contribution is 2.37. The second-order valence-electron chi connectivity index (χ2n) is 4.78. The van der Waals surface area contributed by atoms with E-state index in [0.29, 0.717) is 39.9 Å². The molecule has 2 unspecified atom stereocenters. The van der Waals surface area contributed by atoms with Gasteiger partial charge in [-0.1, -0.05) is 35.4 Å². The maximum absolute atomic E-state index is 11.3. The summed E-state index contributed by atoms with van der Waals surface area (Å²) in [4.78, 5) is 15.7. The molecule has 2 aromatic rings. The molecule has 1 aliphatic rings. The van der Waals surface area contributed by atoms with Gasteiger partial charge in [0.2, 0.25) is 0 Å². The average Bonchev–Trinajstić information content (AvgIpc) is 2.82. The zero-order valence-corrected chi connectivity index (χ0v) is 11.9. The molecular weight excluding hydrogens is 301 g/mol. The molecule has 0 radical (unpaired) electrons. The van der Waals surface area contributed by atoms with E-state index in [0.717, 1.165) is 0 Å². The summed E-state index contributed by atoms with van der Waals surface area (Å²) >= 11 is 12.0. The predicted octanol–water partition coefficient (Wildman–Crippen LogP) is 4.27. The fraction of sp³-hybridized carbons (Fsp3) is 0.286. The molecule has 0 fully saturated rings. The summed E-state index contributed by atoms with van der Waals surface area (Å²) in [5.41, 5.74) is 1.00. The fourth-order valence-corrected chi connectivity index (χ4v) is 3.02. The topological polar surface area (TPSA) is 63.3 Å². The van der Waals surface area contributed by atoms with Gasteiger partial charge in [0.15, 0.2) is 11.5 Å². The summed E-state index contributed by atoms with van der Waals surface area (Å²) in [7, 11) is 0. The molecule has 1 aromatic heterocycles. The third-order valence-corrected chi connectivity index (χ3v) is 3.99. The Kier molecular flexibility index (Phi) is 3.44. The standard InChI is InChI=1S/C14H11Cl2NO3/c15-7-5-10(16)12-11(6-7)17-13(20-12)8-3-1-2-4-9(8)14(18)19/h1-2,5-6,8-9H,3-4H2,(H,18,19). The number of hydrogen-bond acceptors (Lipinski definition) is 3. The highest BCUT2D eigenvalue weighted by Gasteiger charge is 2.33. The van der Waals surface area contributed by atoms with Crippen LogP contribution in [0.25, 0.3) is 11.1 Å². The maximum atomic E-state index is 11.3. The molecule has 3 rings (SSSR count). The summed E-state index contributed by atoms with van der Waals surface area (Å²) < 4.78 is 5.67. The number of fused-ring (bicyclic) bond motifs is 1. The molecule has 1 aromatic carbocycles. The monoisotopic (exact) mass is 311 g/mol. The van der Waals surface area contributed by atoms with Gasteiger partial charge in [-0.2, -0.15) is 0 Å². The number of oxazole rings is 1. The molecule has 0 saturated carbocycles. The Morgan fingerprint density at radius 3 is 2.80 bits per heavy atom. The smallest absolute Gasteiger partial charge is 0.307 e. The molecule has 0 saturated heterocycles. The maximum Gasteiger partial charge on any atom is 0.307 e. The molecule has 0 bridgehead atoms. The van der Waals surface area contributed by atoms with Crippen molar-refractivity contribution in [2.24, 2.45) is 5.92 Å². The van der Waals surface area contributed by atoms with Crippen LogP contribution in [0.5, 0.6) is 0 Å². The van der Waals surface area contributed by atoms with E-state index in [4.69, 9.17) is 27.6 Å². The third kappa shape index (κ3) is 2.30. The van der Waals surface area contributed by atoms with Gasteiger partial charge in [-0.3, -0.25) is 4.79 Å². The lowest BCUT2D eigenvalue weighted by atomic mass is 9.83. The molecular formula is C14H11Cl2NO3. The molecule has 6 heteroatoms. The van der Waals surface area contributed by atoms with Gasteiger partial charge in [0.25, 0.3) is 0 Å². The quantitative estimate of drug-likeness (QED) is 0.841. The molecule has 1 N–H and O–H groups in total. The van der Waals surface area contributed by atoms with Crippen molar-refractivity contribution in [3.8, 4) is 0 Å². The average molecular weight is 312 g/mol. The Labute approximate surface area is 125 Å². The van der Waals surface area contributed by atoms with Crippen LogP contribution in [0.2, 0.25) is 10.0 Å². The van der Waals surface area contributed by atoms with Crippen LogP contribution in [0.4, 0.5) is 0 Å². The van der Waals surface area contributed by atoms with Crippen molar-refractivity contribution in [2.45, 2.75) is 18.8 Å². The highest BCUT2D eigenvalue weighted by atomic mass is 35.5. The van der Waals surface area contributed by atoms with Crippen molar-refractivity contribution < 1.29 is 14.3 Å². The van der Waals surface area contributed by atoms with Crippen LogP contribution in [-0.4, -0.2) is 16.1 Å². The van der Waals surface area contributed by atoms with Gasteiger partial charge >= 0.3 is 5.97 Å². The Hall–Kier alpha value is -1.52. The molecule has 104 valence electrons. The molecule has 2 atom stereocenters. The number of aliphatic carboxylic acids is 1. The molecule has 1 heterocycles. The largest absolute Gasteiger partial charge is 0.481 e. The van der Waals surface area contributed by atoms with Crippen LogP contribution in [0.15, 0.2) is 28.7 Å². The minimum atomic E-state index is -0.842. The lowest BCUT2D eigenvalue weighted by Gasteiger charge is -2.21. The van der Waals surface area contributed by atoms with Crippen LogP contribution in [0.3, 0.4) is 0 Å². The minimum Gasteiger partial charge on any atom is -0.481 e. The molecule has 0 spiro atoms. The van der Waals surface area contributed by atoms with Gasteiger partial charge in [-0.05, 0) is 25.0 Å². The number of aromatic nitrogens is 1. The van der Waals surface area contributed by atoms with E-state index in [2.05, 4.69) is 4.98 Å². The number of carboxylic acids is 1. The predicted molar refractivity (Wildman–Crippen MR) is 76.3 cm³/mol. The van der Waals surface area contributed by atoms with Crippen molar-refractivity contribution >= 4 is 40.3 Å². The second-order valence-corrected chi connectivity index (χ2v) is 5.63. The summed E-state index contributed by atoms with van der Waals surface area (Å²) in [5.74, 6) is -1.24. The Balaban J connectivity index is 2.07. The van der Waals surface area contributed by atoms with Crippen LogP contribution < -0.4 is 0 Å². The van der Waals surface area contributed by atoms with Crippen molar-refractivity contribution in [3.63, 3.8) is 0 Å². The molecule has 0 amide bonds. The third-order valence-electron chi connectivity index (χ3n) is 3.49. The Bertz CT molecular complexity index is 708. The minimum absolute atomic E-state index is 0.278. The van der Waals surface area contributed by atoms with Gasteiger partial charge in [-0.25, -0.2) is 4.98 Å². The molecule has 1 aliphatic carbocycles. The van der Waals surface area contributed by atoms with Crippen LogP contribution in [-0.2, 0) is 4.79 Å². The number of carboxylic acid groups (broad SMARTS) is 1. The van der Waals surface area contributed by atoms with Gasteiger partial charge < -0.3 is 9.52 Å². The number of benzene rings is 1. The SMILES string of the molecule is O=C(O)C1CC=CCC1c1nc2cc(Cl)cc(Cl)c2o1. The second kappa shape index (κ2) is 5.11. The summed E-state index contributed by atoms with van der Waals surface area (Å²) in [5, 5.41) is 10.1. The fourth-order valence-electron chi connectivity index (χ4n) is 2.50. The van der Waals surface area contributed by atoms with E-state index >= 15 is 0 Å². The summed E-state index contributed by atoms with van der Waals surface area (Å²) in [6.45, 7) is 0. The number of hydrogen-bond donors (Lipinski definition) is 1. The van der Waals surface area contributed by atoms with Crippen molar-refractivity contribution in [2.75, 3.05) is 0 Å². The highest BCUT2D eigenvalue weighted by molar-refractivity contribution is 6.37. The van der Waals surface area contributed by atoms with Crippen LogP contribution in [0, 0.1) is 5.92 Å². The van der Waals surface area contributed by atoms with Gasteiger partial charge in [-0.15, -0.1) is 0 Å². The number of nitrogens with zero attached hydrogens (tertiary/aromatic N) is 1. The first-order valence-electron chi connectivity index (χ1n) is 6.19. The van der Waals surface area contributed by atoms with E-state index in [1.54, 1.807) is 12.1 Å². The normalized spacial score (nSPS) is 22.3. The number of allylic oxidation sites excluding steroid dienone is 2. The van der Waals surface area contributed by atoms with E-state index in [9.17, 15) is 9.90 Å². The summed E-state index contributed by atoms with van der Waals surface area (Å²) in [6, 6.07) is 3.24. The summed E-state index contributed by atoms with van der Waals surface area (Å²) in [6.07, 6.45) is 4.90. The zero-order chi connectivity index (χ0) is 14.3. The van der Waals surface area contributed by atoms with E-state index in [-0.39, 0.29) is 5.92 Å². The van der Waals surface area contributed by atoms with Crippen LogP contribution >= 0.6 is 23.2 Å².